The maximum Gasteiger partial charge on any atom is 0.387 e. The van der Waals surface area contributed by atoms with Gasteiger partial charge >= 0.3 is 6.61 Å². The Bertz CT molecular complexity index is 545. The van der Waals surface area contributed by atoms with Gasteiger partial charge in [0, 0.05) is 17.8 Å². The molecule has 1 N–H and O–H groups in total. The van der Waals surface area contributed by atoms with Crippen LogP contribution in [0, 0.1) is 0 Å². The van der Waals surface area contributed by atoms with Gasteiger partial charge < -0.3 is 10.1 Å². The zero-order valence-corrected chi connectivity index (χ0v) is 11.9. The van der Waals surface area contributed by atoms with Gasteiger partial charge in [-0.3, -0.25) is 0 Å². The van der Waals surface area contributed by atoms with Crippen LogP contribution >= 0.6 is 0 Å². The van der Waals surface area contributed by atoms with Crippen LogP contribution in [0.3, 0.4) is 0 Å². The monoisotopic (exact) mass is 291 g/mol. The van der Waals surface area contributed by atoms with Gasteiger partial charge in [-0.25, -0.2) is 0 Å². The highest BCUT2D eigenvalue weighted by Gasteiger charge is 2.09. The number of rotatable bonds is 7. The molecule has 0 aliphatic rings. The third-order valence-corrected chi connectivity index (χ3v) is 3.25. The van der Waals surface area contributed by atoms with Crippen LogP contribution in [0.5, 0.6) is 5.75 Å². The van der Waals surface area contributed by atoms with E-state index in [2.05, 4.69) is 29.1 Å². The number of hydrogen-bond acceptors (Lipinski definition) is 2. The van der Waals surface area contributed by atoms with Gasteiger partial charge in [0.25, 0.3) is 0 Å². The Morgan fingerprint density at radius 3 is 2.48 bits per heavy atom. The van der Waals surface area contributed by atoms with E-state index in [1.54, 1.807) is 12.1 Å². The molecule has 4 heteroatoms. The summed E-state index contributed by atoms with van der Waals surface area (Å²) in [6.45, 7) is -0.702. The van der Waals surface area contributed by atoms with Crippen molar-refractivity contribution in [1.29, 1.82) is 0 Å². The highest BCUT2D eigenvalue weighted by Crippen LogP contribution is 2.21. The minimum Gasteiger partial charge on any atom is -0.435 e. The molecule has 0 bridgehead atoms. The fraction of sp³-hybridized carbons (Fsp3) is 0.294. The highest BCUT2D eigenvalue weighted by atomic mass is 19.3. The van der Waals surface area contributed by atoms with Crippen LogP contribution in [0.4, 0.5) is 14.5 Å². The van der Waals surface area contributed by atoms with Crippen LogP contribution in [0.15, 0.2) is 54.6 Å². The van der Waals surface area contributed by atoms with Gasteiger partial charge in [0.05, 0.1) is 0 Å². The summed E-state index contributed by atoms with van der Waals surface area (Å²) in [4.78, 5) is 0. The second-order valence-corrected chi connectivity index (χ2v) is 4.85. The minimum absolute atomic E-state index is 0.171. The van der Waals surface area contributed by atoms with Gasteiger partial charge in [0.2, 0.25) is 0 Å². The molecule has 0 heterocycles. The fourth-order valence-electron chi connectivity index (χ4n) is 2.19. The van der Waals surface area contributed by atoms with E-state index in [1.807, 2.05) is 24.3 Å². The van der Waals surface area contributed by atoms with E-state index in [-0.39, 0.29) is 11.8 Å². The average molecular weight is 291 g/mol. The lowest BCUT2D eigenvalue weighted by molar-refractivity contribution is -0.0498. The Kier molecular flexibility index (Phi) is 5.55. The highest BCUT2D eigenvalue weighted by molar-refractivity contribution is 5.49. The largest absolute Gasteiger partial charge is 0.435 e. The topological polar surface area (TPSA) is 21.3 Å². The molecule has 0 aromatic heterocycles. The van der Waals surface area contributed by atoms with E-state index >= 15 is 0 Å². The van der Waals surface area contributed by atoms with E-state index in [0.29, 0.717) is 0 Å². The number of nitrogens with one attached hydrogen (secondary N) is 1. The zero-order chi connectivity index (χ0) is 15.1. The Balaban J connectivity index is 2.01. The molecule has 112 valence electrons. The molecule has 21 heavy (non-hydrogen) atoms. The number of ether oxygens (including phenoxy) is 1. The van der Waals surface area contributed by atoms with Crippen molar-refractivity contribution in [2.45, 2.75) is 32.4 Å². The van der Waals surface area contributed by atoms with Crippen LogP contribution in [-0.2, 0) is 6.42 Å². The summed E-state index contributed by atoms with van der Waals surface area (Å²) in [6, 6.07) is 17.1. The van der Waals surface area contributed by atoms with Crippen molar-refractivity contribution in [1.82, 2.24) is 0 Å². The summed E-state index contributed by atoms with van der Waals surface area (Å²) in [6.07, 6.45) is 1.83. The van der Waals surface area contributed by atoms with Crippen molar-refractivity contribution >= 4 is 5.69 Å². The van der Waals surface area contributed by atoms with E-state index in [4.69, 9.17) is 0 Å². The maximum absolute atomic E-state index is 12.2. The Labute approximate surface area is 123 Å². The summed E-state index contributed by atoms with van der Waals surface area (Å²) in [5.41, 5.74) is 2.03. The lowest BCUT2D eigenvalue weighted by Gasteiger charge is -2.19. The van der Waals surface area contributed by atoms with Crippen molar-refractivity contribution in [3.05, 3.63) is 60.2 Å². The summed E-state index contributed by atoms with van der Waals surface area (Å²) < 4.78 is 28.9. The molecule has 2 nitrogen and oxygen atoms in total. The molecular weight excluding hydrogens is 272 g/mol. The average Bonchev–Trinajstić information content (AvgIpc) is 2.47. The van der Waals surface area contributed by atoms with Crippen molar-refractivity contribution in [2.24, 2.45) is 0 Å². The standard InChI is InChI=1S/C17H19F2NO/c1-2-14(11-13-7-4-3-5-8-13)20-15-9-6-10-16(12-15)21-17(18)19/h3-10,12,14,17,20H,2,11H2,1H3. The van der Waals surface area contributed by atoms with Crippen molar-refractivity contribution in [3.63, 3.8) is 0 Å². The molecule has 0 saturated carbocycles. The van der Waals surface area contributed by atoms with E-state index in [9.17, 15) is 8.78 Å². The first-order chi connectivity index (χ1) is 10.2. The lowest BCUT2D eigenvalue weighted by Crippen LogP contribution is -2.21. The number of benzene rings is 2. The SMILES string of the molecule is CCC(Cc1ccccc1)Nc1cccc(OC(F)F)c1. The molecule has 2 aromatic carbocycles. The van der Waals surface area contributed by atoms with Crippen LogP contribution in [0.25, 0.3) is 0 Å². The summed E-state index contributed by atoms with van der Waals surface area (Å²) >= 11 is 0. The lowest BCUT2D eigenvalue weighted by atomic mass is 10.0. The van der Waals surface area contributed by atoms with Gasteiger partial charge in [-0.15, -0.1) is 0 Å². The Hall–Kier alpha value is -2.10. The first kappa shape index (κ1) is 15.3. The van der Waals surface area contributed by atoms with Crippen LogP contribution in [0.1, 0.15) is 18.9 Å². The summed E-state index contributed by atoms with van der Waals surface area (Å²) in [7, 11) is 0. The molecule has 0 saturated heterocycles. The van der Waals surface area contributed by atoms with E-state index in [0.717, 1.165) is 18.5 Å². The maximum atomic E-state index is 12.2. The quantitative estimate of drug-likeness (QED) is 0.797. The Morgan fingerprint density at radius 1 is 1.05 bits per heavy atom. The molecule has 0 fully saturated rings. The van der Waals surface area contributed by atoms with Gasteiger partial charge in [0.15, 0.2) is 0 Å². The van der Waals surface area contributed by atoms with Crippen molar-refractivity contribution in [3.8, 4) is 5.75 Å². The minimum atomic E-state index is -2.80. The molecule has 0 spiro atoms. The number of hydrogen-bond donors (Lipinski definition) is 1. The predicted molar refractivity (Wildman–Crippen MR) is 80.9 cm³/mol. The van der Waals surface area contributed by atoms with E-state index < -0.39 is 6.61 Å². The van der Waals surface area contributed by atoms with Gasteiger partial charge in [0.1, 0.15) is 5.75 Å². The molecule has 0 aliphatic carbocycles. The molecule has 2 rings (SSSR count). The van der Waals surface area contributed by atoms with Crippen molar-refractivity contribution < 1.29 is 13.5 Å². The molecule has 0 aliphatic heterocycles. The van der Waals surface area contributed by atoms with E-state index in [1.165, 1.54) is 11.6 Å². The van der Waals surface area contributed by atoms with Crippen LogP contribution in [0.2, 0.25) is 0 Å². The zero-order valence-electron chi connectivity index (χ0n) is 11.9. The number of halogens is 2. The third kappa shape index (κ3) is 5.06. The van der Waals surface area contributed by atoms with Crippen LogP contribution < -0.4 is 10.1 Å². The smallest absolute Gasteiger partial charge is 0.387 e. The molecular formula is C17H19F2NO. The normalized spacial score (nSPS) is 12.2. The van der Waals surface area contributed by atoms with Gasteiger partial charge in [-0.05, 0) is 30.5 Å². The summed E-state index contributed by atoms with van der Waals surface area (Å²) in [5.74, 6) is 0.171. The predicted octanol–water partition coefficient (Wildman–Crippen LogP) is 4.72. The second kappa shape index (κ2) is 7.62. The Morgan fingerprint density at radius 2 is 1.81 bits per heavy atom. The fourth-order valence-corrected chi connectivity index (χ4v) is 2.19. The molecule has 1 atom stereocenters. The first-order valence-electron chi connectivity index (χ1n) is 7.02. The molecule has 0 amide bonds. The van der Waals surface area contributed by atoms with Crippen LogP contribution in [-0.4, -0.2) is 12.7 Å². The molecule has 2 aromatic rings. The second-order valence-electron chi connectivity index (χ2n) is 4.85. The van der Waals surface area contributed by atoms with Gasteiger partial charge in [-0.2, -0.15) is 8.78 Å². The number of alkyl halides is 2. The van der Waals surface area contributed by atoms with Gasteiger partial charge in [-0.1, -0.05) is 43.3 Å². The summed E-state index contributed by atoms with van der Waals surface area (Å²) in [5, 5.41) is 3.37. The molecule has 0 radical (unpaired) electrons. The molecule has 1 unspecified atom stereocenters. The van der Waals surface area contributed by atoms with Crippen molar-refractivity contribution in [2.75, 3.05) is 5.32 Å². The first-order valence-corrected chi connectivity index (χ1v) is 7.02. The number of anilines is 1. The third-order valence-electron chi connectivity index (χ3n) is 3.25.